The summed E-state index contributed by atoms with van der Waals surface area (Å²) in [6, 6.07) is 7.20. The first kappa shape index (κ1) is 22.9. The zero-order valence-electron chi connectivity index (χ0n) is 15.5. The van der Waals surface area contributed by atoms with E-state index in [1.807, 2.05) is 18.2 Å². The van der Waals surface area contributed by atoms with Gasteiger partial charge in [-0.2, -0.15) is 0 Å². The van der Waals surface area contributed by atoms with Crippen LogP contribution < -0.4 is 15.4 Å². The van der Waals surface area contributed by atoms with Crippen molar-refractivity contribution in [3.05, 3.63) is 35.4 Å². The van der Waals surface area contributed by atoms with Crippen LogP contribution in [0.5, 0.6) is 0 Å². The molecule has 26 heavy (non-hydrogen) atoms. The van der Waals surface area contributed by atoms with Crippen LogP contribution in [0.1, 0.15) is 44.2 Å². The summed E-state index contributed by atoms with van der Waals surface area (Å²) in [4.78, 5) is 12.1. The third-order valence-corrected chi connectivity index (χ3v) is 5.82. The van der Waals surface area contributed by atoms with Crippen molar-refractivity contribution in [2.45, 2.75) is 51.4 Å². The molecule has 1 saturated heterocycles. The Bertz CT molecular complexity index is 674. The first-order chi connectivity index (χ1) is 11.9. The van der Waals surface area contributed by atoms with Crippen LogP contribution in [0.2, 0.25) is 0 Å². The minimum Gasteiger partial charge on any atom is -0.352 e. The SMILES string of the molecule is CC(C)NS(=O)(=O)Cc1ccccc1CNC(=O)CCC1CCNC1.Cl. The van der Waals surface area contributed by atoms with Gasteiger partial charge in [0.05, 0.1) is 5.75 Å². The van der Waals surface area contributed by atoms with E-state index in [2.05, 4.69) is 15.4 Å². The Morgan fingerprint density at radius 2 is 1.96 bits per heavy atom. The van der Waals surface area contributed by atoms with E-state index in [1.165, 1.54) is 0 Å². The molecule has 1 heterocycles. The highest BCUT2D eigenvalue weighted by molar-refractivity contribution is 7.88. The van der Waals surface area contributed by atoms with Gasteiger partial charge in [0.25, 0.3) is 0 Å². The highest BCUT2D eigenvalue weighted by atomic mass is 35.5. The molecule has 3 N–H and O–H groups in total. The van der Waals surface area contributed by atoms with Gasteiger partial charge in [-0.05, 0) is 56.8 Å². The number of sulfonamides is 1. The Labute approximate surface area is 163 Å². The highest BCUT2D eigenvalue weighted by Crippen LogP contribution is 2.15. The lowest BCUT2D eigenvalue weighted by molar-refractivity contribution is -0.121. The van der Waals surface area contributed by atoms with Crippen LogP contribution in [0.25, 0.3) is 0 Å². The van der Waals surface area contributed by atoms with Crippen molar-refractivity contribution in [1.82, 2.24) is 15.4 Å². The molecule has 0 spiro atoms. The molecule has 0 aromatic heterocycles. The van der Waals surface area contributed by atoms with Crippen LogP contribution in [0.15, 0.2) is 24.3 Å². The Balaban J connectivity index is 0.00000338. The minimum absolute atomic E-state index is 0. The number of rotatable bonds is 9. The van der Waals surface area contributed by atoms with Gasteiger partial charge in [0.1, 0.15) is 0 Å². The molecule has 1 aliphatic heterocycles. The van der Waals surface area contributed by atoms with Crippen molar-refractivity contribution in [3.8, 4) is 0 Å². The zero-order valence-corrected chi connectivity index (χ0v) is 17.1. The van der Waals surface area contributed by atoms with Crippen molar-refractivity contribution in [1.29, 1.82) is 0 Å². The number of halogens is 1. The summed E-state index contributed by atoms with van der Waals surface area (Å²) >= 11 is 0. The van der Waals surface area contributed by atoms with Gasteiger partial charge < -0.3 is 10.6 Å². The van der Waals surface area contributed by atoms with E-state index in [-0.39, 0.29) is 30.1 Å². The number of hydrogen-bond donors (Lipinski definition) is 3. The maximum atomic E-state index is 12.1. The van der Waals surface area contributed by atoms with Crippen LogP contribution in [-0.4, -0.2) is 33.5 Å². The third kappa shape index (κ3) is 8.03. The van der Waals surface area contributed by atoms with Gasteiger partial charge in [0, 0.05) is 19.0 Å². The lowest BCUT2D eigenvalue weighted by Gasteiger charge is -2.14. The quantitative estimate of drug-likeness (QED) is 0.588. The van der Waals surface area contributed by atoms with E-state index in [0.29, 0.717) is 18.9 Å². The summed E-state index contributed by atoms with van der Waals surface area (Å²) in [5.74, 6) is 0.528. The summed E-state index contributed by atoms with van der Waals surface area (Å²) in [5, 5.41) is 6.22. The normalized spacial score (nSPS) is 17.1. The molecule has 6 nitrogen and oxygen atoms in total. The molecular formula is C18H30ClN3O3S. The molecule has 1 amide bonds. The van der Waals surface area contributed by atoms with Crippen LogP contribution in [-0.2, 0) is 27.1 Å². The molecule has 1 aliphatic rings. The maximum absolute atomic E-state index is 12.1. The molecule has 148 valence electrons. The van der Waals surface area contributed by atoms with Crippen LogP contribution in [0.4, 0.5) is 0 Å². The molecule has 1 aromatic carbocycles. The lowest BCUT2D eigenvalue weighted by Crippen LogP contribution is -2.32. The fourth-order valence-corrected chi connectivity index (χ4v) is 4.55. The first-order valence-electron chi connectivity index (χ1n) is 8.90. The molecule has 1 fully saturated rings. The summed E-state index contributed by atoms with van der Waals surface area (Å²) in [6.07, 6.45) is 2.55. The first-order valence-corrected chi connectivity index (χ1v) is 10.5. The van der Waals surface area contributed by atoms with Crippen LogP contribution in [0, 0.1) is 5.92 Å². The van der Waals surface area contributed by atoms with Crippen LogP contribution in [0.3, 0.4) is 0 Å². The van der Waals surface area contributed by atoms with E-state index in [0.717, 1.165) is 37.1 Å². The fourth-order valence-electron chi connectivity index (χ4n) is 3.05. The summed E-state index contributed by atoms with van der Waals surface area (Å²) in [7, 11) is -3.39. The number of carbonyl (C=O) groups is 1. The molecule has 0 saturated carbocycles. The van der Waals surface area contributed by atoms with E-state index in [9.17, 15) is 13.2 Å². The van der Waals surface area contributed by atoms with Gasteiger partial charge in [-0.3, -0.25) is 4.79 Å². The van der Waals surface area contributed by atoms with Gasteiger partial charge in [-0.15, -0.1) is 12.4 Å². The zero-order chi connectivity index (χ0) is 18.3. The van der Waals surface area contributed by atoms with Crippen molar-refractivity contribution >= 4 is 28.3 Å². The monoisotopic (exact) mass is 403 g/mol. The van der Waals surface area contributed by atoms with Gasteiger partial charge >= 0.3 is 0 Å². The molecule has 1 unspecified atom stereocenters. The second-order valence-electron chi connectivity index (χ2n) is 6.97. The molecular weight excluding hydrogens is 374 g/mol. The standard InChI is InChI=1S/C18H29N3O3S.ClH/c1-14(2)21-25(23,24)13-17-6-4-3-5-16(17)12-20-18(22)8-7-15-9-10-19-11-15;/h3-6,14-15,19,21H,7-13H2,1-2H3,(H,20,22);1H. The van der Waals surface area contributed by atoms with Gasteiger partial charge in [0.15, 0.2) is 0 Å². The van der Waals surface area contributed by atoms with Gasteiger partial charge in [0.2, 0.25) is 15.9 Å². The number of amides is 1. The molecule has 0 bridgehead atoms. The van der Waals surface area contributed by atoms with E-state index < -0.39 is 10.0 Å². The van der Waals surface area contributed by atoms with Crippen LogP contribution >= 0.6 is 12.4 Å². The van der Waals surface area contributed by atoms with Crippen molar-refractivity contribution in [2.75, 3.05) is 13.1 Å². The minimum atomic E-state index is -3.39. The van der Waals surface area contributed by atoms with Crippen molar-refractivity contribution in [2.24, 2.45) is 5.92 Å². The predicted molar refractivity (Wildman–Crippen MR) is 107 cm³/mol. The Morgan fingerprint density at radius 1 is 1.27 bits per heavy atom. The predicted octanol–water partition coefficient (Wildman–Crippen LogP) is 1.94. The largest absolute Gasteiger partial charge is 0.352 e. The van der Waals surface area contributed by atoms with Crippen molar-refractivity contribution in [3.63, 3.8) is 0 Å². The highest BCUT2D eigenvalue weighted by Gasteiger charge is 2.17. The average Bonchev–Trinajstić information content (AvgIpc) is 3.04. The van der Waals surface area contributed by atoms with Gasteiger partial charge in [-0.1, -0.05) is 24.3 Å². The lowest BCUT2D eigenvalue weighted by atomic mass is 10.0. The van der Waals surface area contributed by atoms with E-state index in [1.54, 1.807) is 19.9 Å². The molecule has 0 radical (unpaired) electrons. The Kier molecular flexibility index (Phi) is 9.57. The number of hydrogen-bond acceptors (Lipinski definition) is 4. The number of nitrogens with one attached hydrogen (secondary N) is 3. The molecule has 1 atom stereocenters. The maximum Gasteiger partial charge on any atom is 0.220 e. The summed E-state index contributed by atoms with van der Waals surface area (Å²) < 4.78 is 26.9. The van der Waals surface area contributed by atoms with E-state index in [4.69, 9.17) is 0 Å². The fraction of sp³-hybridized carbons (Fsp3) is 0.611. The Morgan fingerprint density at radius 3 is 2.58 bits per heavy atom. The molecule has 2 rings (SSSR count). The molecule has 1 aromatic rings. The number of benzene rings is 1. The second-order valence-corrected chi connectivity index (χ2v) is 8.73. The van der Waals surface area contributed by atoms with Gasteiger partial charge in [-0.25, -0.2) is 13.1 Å². The summed E-state index contributed by atoms with van der Waals surface area (Å²) in [5.41, 5.74) is 1.56. The molecule has 0 aliphatic carbocycles. The third-order valence-electron chi connectivity index (χ3n) is 4.30. The second kappa shape index (κ2) is 10.9. The topological polar surface area (TPSA) is 87.3 Å². The van der Waals surface area contributed by atoms with Crippen molar-refractivity contribution < 1.29 is 13.2 Å². The summed E-state index contributed by atoms with van der Waals surface area (Å²) in [6.45, 7) is 5.98. The Hall–Kier alpha value is -1.15. The smallest absolute Gasteiger partial charge is 0.220 e. The van der Waals surface area contributed by atoms with E-state index >= 15 is 0 Å². The average molecular weight is 404 g/mol. The number of carbonyl (C=O) groups excluding carboxylic acids is 1. The molecule has 8 heteroatoms.